The zero-order valence-electron chi connectivity index (χ0n) is 23.4. The second-order valence-electron chi connectivity index (χ2n) is 10.1. The smallest absolute Gasteiger partial charge is 0.127 e. The molecule has 0 aromatic heterocycles. The Morgan fingerprint density at radius 3 is 1.79 bits per heavy atom. The van der Waals surface area contributed by atoms with Gasteiger partial charge in [0, 0.05) is 22.1 Å². The maximum atomic E-state index is 5.92. The minimum atomic E-state index is 0.868. The fourth-order valence-electron chi connectivity index (χ4n) is 4.94. The highest BCUT2D eigenvalue weighted by molar-refractivity contribution is 6.07. The van der Waals surface area contributed by atoms with Gasteiger partial charge in [0.1, 0.15) is 5.75 Å². The van der Waals surface area contributed by atoms with Crippen LogP contribution < -0.4 is 9.64 Å². The Morgan fingerprint density at radius 2 is 1.23 bits per heavy atom. The first-order chi connectivity index (χ1) is 18.9. The number of rotatable bonds is 7. The highest BCUT2D eigenvalue weighted by Gasteiger charge is 2.19. The second kappa shape index (κ2) is 11.4. The van der Waals surface area contributed by atoms with Gasteiger partial charge in [-0.3, -0.25) is 0 Å². The summed E-state index contributed by atoms with van der Waals surface area (Å²) in [5, 5.41) is 2.25. The van der Waals surface area contributed by atoms with Crippen molar-refractivity contribution in [3.05, 3.63) is 143 Å². The first-order valence-electron chi connectivity index (χ1n) is 13.4. The third-order valence-electron chi connectivity index (χ3n) is 7.16. The summed E-state index contributed by atoms with van der Waals surface area (Å²) in [6, 6.07) is 36.8. The van der Waals surface area contributed by atoms with E-state index in [0.717, 1.165) is 39.1 Å². The maximum Gasteiger partial charge on any atom is 0.127 e. The Morgan fingerprint density at radius 1 is 0.667 bits per heavy atom. The Hall–Kier alpha value is -4.56. The van der Waals surface area contributed by atoms with E-state index in [4.69, 9.17) is 4.74 Å². The molecule has 5 aromatic carbocycles. The number of benzene rings is 5. The summed E-state index contributed by atoms with van der Waals surface area (Å²) in [5.41, 5.74) is 10.6. The molecule has 0 fully saturated rings. The number of allylic oxidation sites excluding steroid dienone is 3. The molecule has 0 spiro atoms. The van der Waals surface area contributed by atoms with E-state index < -0.39 is 0 Å². The van der Waals surface area contributed by atoms with Gasteiger partial charge in [-0.2, -0.15) is 0 Å². The minimum absolute atomic E-state index is 0.868. The van der Waals surface area contributed by atoms with Crippen LogP contribution in [0.2, 0.25) is 0 Å². The van der Waals surface area contributed by atoms with Gasteiger partial charge in [-0.1, -0.05) is 102 Å². The number of ether oxygens (including phenoxy) is 1. The highest BCUT2D eigenvalue weighted by atomic mass is 16.5. The number of hydrogen-bond donors (Lipinski definition) is 0. The molecular weight excluding hydrogens is 474 g/mol. The molecule has 0 heterocycles. The second-order valence-corrected chi connectivity index (χ2v) is 10.1. The summed E-state index contributed by atoms with van der Waals surface area (Å²) in [4.78, 5) is 2.33. The first kappa shape index (κ1) is 26.1. The maximum absolute atomic E-state index is 5.92. The molecule has 0 aliphatic carbocycles. The lowest BCUT2D eigenvalue weighted by Gasteiger charge is -2.28. The Labute approximate surface area is 232 Å². The molecule has 2 nitrogen and oxygen atoms in total. The fourth-order valence-corrected chi connectivity index (χ4v) is 4.94. The third-order valence-corrected chi connectivity index (χ3v) is 7.16. The van der Waals surface area contributed by atoms with Gasteiger partial charge in [-0.15, -0.1) is 0 Å². The van der Waals surface area contributed by atoms with E-state index in [-0.39, 0.29) is 0 Å². The van der Waals surface area contributed by atoms with Crippen LogP contribution in [-0.2, 0) is 0 Å². The quantitative estimate of drug-likeness (QED) is 0.202. The molecule has 0 aliphatic heterocycles. The van der Waals surface area contributed by atoms with Crippen molar-refractivity contribution in [2.75, 3.05) is 12.0 Å². The summed E-state index contributed by atoms with van der Waals surface area (Å²) >= 11 is 0. The van der Waals surface area contributed by atoms with Crippen molar-refractivity contribution in [1.29, 1.82) is 0 Å². The molecule has 194 valence electrons. The lowest BCUT2D eigenvalue weighted by atomic mass is 9.95. The third kappa shape index (κ3) is 5.66. The van der Waals surface area contributed by atoms with Crippen molar-refractivity contribution in [3.63, 3.8) is 0 Å². The van der Waals surface area contributed by atoms with Crippen molar-refractivity contribution in [2.24, 2.45) is 0 Å². The average Bonchev–Trinajstić information content (AvgIpc) is 2.95. The van der Waals surface area contributed by atoms with Crippen molar-refractivity contribution < 1.29 is 4.74 Å². The lowest BCUT2D eigenvalue weighted by molar-refractivity contribution is 0.420. The van der Waals surface area contributed by atoms with Crippen molar-refractivity contribution in [1.82, 2.24) is 0 Å². The van der Waals surface area contributed by atoms with Gasteiger partial charge in [-0.05, 0) is 80.8 Å². The predicted molar refractivity (Wildman–Crippen MR) is 169 cm³/mol. The predicted octanol–water partition coefficient (Wildman–Crippen LogP) is 10.4. The Kier molecular flexibility index (Phi) is 7.65. The average molecular weight is 510 g/mol. The minimum Gasteiger partial charge on any atom is -0.496 e. The Bertz CT molecular complexity index is 1590. The van der Waals surface area contributed by atoms with Crippen molar-refractivity contribution in [3.8, 4) is 5.75 Å². The number of anilines is 3. The number of aryl methyl sites for hydroxylation is 3. The van der Waals surface area contributed by atoms with Crippen LogP contribution >= 0.6 is 0 Å². The van der Waals surface area contributed by atoms with Gasteiger partial charge < -0.3 is 9.64 Å². The standard InChI is InChI=1S/C37H35NO/c1-26-12-18-30(19-13-26)9-6-8-29(4)33-24-25-35(34-10-7-11-36(39-5)37(33)34)38(31-20-14-27(2)15-21-31)32-22-16-28(3)17-23-32/h6-25H,1-5H3. The first-order valence-corrected chi connectivity index (χ1v) is 13.4. The van der Waals surface area contributed by atoms with Gasteiger partial charge in [0.15, 0.2) is 0 Å². The van der Waals surface area contributed by atoms with E-state index in [1.54, 1.807) is 7.11 Å². The molecule has 0 atom stereocenters. The van der Waals surface area contributed by atoms with E-state index in [0.29, 0.717) is 0 Å². The van der Waals surface area contributed by atoms with Gasteiger partial charge in [-0.25, -0.2) is 0 Å². The molecule has 5 rings (SSSR count). The molecular formula is C37H35NO. The van der Waals surface area contributed by atoms with E-state index in [1.165, 1.54) is 27.8 Å². The van der Waals surface area contributed by atoms with E-state index in [2.05, 4.69) is 148 Å². The van der Waals surface area contributed by atoms with Crippen LogP contribution in [0.25, 0.3) is 22.4 Å². The summed E-state index contributed by atoms with van der Waals surface area (Å²) in [6.45, 7) is 8.52. The number of methoxy groups -OCH3 is 1. The SMILES string of the molecule is COc1cccc2c(N(c3ccc(C)cc3)c3ccc(C)cc3)ccc(C(C)=CC=Cc3ccc(C)cc3)c12. The zero-order chi connectivity index (χ0) is 27.4. The van der Waals surface area contributed by atoms with Crippen LogP contribution in [0.5, 0.6) is 5.75 Å². The van der Waals surface area contributed by atoms with Gasteiger partial charge in [0.25, 0.3) is 0 Å². The molecule has 0 saturated carbocycles. The van der Waals surface area contributed by atoms with Gasteiger partial charge in [0.2, 0.25) is 0 Å². The van der Waals surface area contributed by atoms with Gasteiger partial charge >= 0.3 is 0 Å². The zero-order valence-corrected chi connectivity index (χ0v) is 23.4. The molecule has 0 radical (unpaired) electrons. The number of fused-ring (bicyclic) bond motifs is 1. The highest BCUT2D eigenvalue weighted by Crippen LogP contribution is 2.43. The lowest BCUT2D eigenvalue weighted by Crippen LogP contribution is -2.11. The van der Waals surface area contributed by atoms with E-state index in [1.807, 2.05) is 6.07 Å². The number of nitrogens with zero attached hydrogens (tertiary/aromatic N) is 1. The summed E-state index contributed by atoms with van der Waals surface area (Å²) < 4.78 is 5.92. The summed E-state index contributed by atoms with van der Waals surface area (Å²) in [6.07, 6.45) is 6.45. The molecule has 5 aromatic rings. The van der Waals surface area contributed by atoms with E-state index >= 15 is 0 Å². The molecule has 2 heteroatoms. The monoisotopic (exact) mass is 509 g/mol. The van der Waals surface area contributed by atoms with Crippen LogP contribution in [0, 0.1) is 20.8 Å². The molecule has 0 saturated heterocycles. The van der Waals surface area contributed by atoms with Gasteiger partial charge in [0.05, 0.1) is 12.8 Å². The normalized spacial score (nSPS) is 11.8. The molecule has 0 amide bonds. The van der Waals surface area contributed by atoms with Crippen molar-refractivity contribution in [2.45, 2.75) is 27.7 Å². The van der Waals surface area contributed by atoms with Crippen LogP contribution in [0.3, 0.4) is 0 Å². The largest absolute Gasteiger partial charge is 0.496 e. The molecule has 0 bridgehead atoms. The Balaban J connectivity index is 1.66. The molecule has 0 aliphatic rings. The molecule has 0 unspecified atom stereocenters. The summed E-state index contributed by atoms with van der Waals surface area (Å²) in [7, 11) is 1.75. The summed E-state index contributed by atoms with van der Waals surface area (Å²) in [5.74, 6) is 0.868. The van der Waals surface area contributed by atoms with Crippen molar-refractivity contribution >= 4 is 39.5 Å². The topological polar surface area (TPSA) is 12.5 Å². The van der Waals surface area contributed by atoms with Crippen LogP contribution in [0.1, 0.15) is 34.7 Å². The van der Waals surface area contributed by atoms with Crippen LogP contribution in [0.4, 0.5) is 17.1 Å². The van der Waals surface area contributed by atoms with Crippen LogP contribution in [-0.4, -0.2) is 7.11 Å². The molecule has 0 N–H and O–H groups in total. The van der Waals surface area contributed by atoms with Crippen LogP contribution in [0.15, 0.2) is 115 Å². The van der Waals surface area contributed by atoms with E-state index in [9.17, 15) is 0 Å². The number of hydrogen-bond acceptors (Lipinski definition) is 2. The fraction of sp³-hybridized carbons (Fsp3) is 0.135. The molecule has 39 heavy (non-hydrogen) atoms.